The van der Waals surface area contributed by atoms with Crippen molar-refractivity contribution in [3.63, 3.8) is 0 Å². The Hall–Kier alpha value is -3.29. The predicted molar refractivity (Wildman–Crippen MR) is 80.7 cm³/mol. The Morgan fingerprint density at radius 2 is 2.09 bits per heavy atom. The molecule has 2 aromatic rings. The van der Waals surface area contributed by atoms with Crippen molar-refractivity contribution in [3.8, 4) is 0 Å². The molecule has 1 heterocycles. The molecule has 1 amide bonds. The molecule has 8 nitrogen and oxygen atoms in total. The van der Waals surface area contributed by atoms with E-state index in [1.807, 2.05) is 0 Å². The minimum atomic E-state index is -1.78. The predicted octanol–water partition coefficient (Wildman–Crippen LogP) is 1.04. The zero-order valence-electron chi connectivity index (χ0n) is 11.9. The standard InChI is InChI=1S/C15H13N5O3/c16-13(21)11-7-4-8-15(20(22)23,14-17-9-18-19-14)12(11)10-5-2-1-3-6-10/h1-9,12H,(H2,16,21)(H,17,18,19). The van der Waals surface area contributed by atoms with Crippen LogP contribution in [0, 0.1) is 10.1 Å². The van der Waals surface area contributed by atoms with E-state index in [2.05, 4.69) is 15.2 Å². The second kappa shape index (κ2) is 5.48. The van der Waals surface area contributed by atoms with Crippen molar-refractivity contribution >= 4 is 5.91 Å². The van der Waals surface area contributed by atoms with Crippen LogP contribution in [0.15, 0.2) is 60.5 Å². The molecule has 0 bridgehead atoms. The summed E-state index contributed by atoms with van der Waals surface area (Å²) < 4.78 is 0. The Balaban J connectivity index is 2.29. The average Bonchev–Trinajstić information content (AvgIpc) is 3.09. The summed E-state index contributed by atoms with van der Waals surface area (Å²) in [6.07, 6.45) is 5.54. The second-order valence-corrected chi connectivity index (χ2v) is 5.11. The van der Waals surface area contributed by atoms with Gasteiger partial charge >= 0.3 is 5.54 Å². The molecule has 2 unspecified atom stereocenters. The lowest BCUT2D eigenvalue weighted by Crippen LogP contribution is -2.45. The quantitative estimate of drug-likeness (QED) is 0.644. The number of amides is 1. The molecule has 23 heavy (non-hydrogen) atoms. The van der Waals surface area contributed by atoms with Crippen molar-refractivity contribution in [2.75, 3.05) is 0 Å². The van der Waals surface area contributed by atoms with E-state index in [-0.39, 0.29) is 11.4 Å². The lowest BCUT2D eigenvalue weighted by Gasteiger charge is -2.32. The van der Waals surface area contributed by atoms with Crippen LogP contribution in [0.1, 0.15) is 17.3 Å². The third kappa shape index (κ3) is 2.20. The van der Waals surface area contributed by atoms with Gasteiger partial charge in [0.05, 0.1) is 5.92 Å². The molecule has 1 aliphatic carbocycles. The molecule has 0 radical (unpaired) electrons. The van der Waals surface area contributed by atoms with E-state index in [4.69, 9.17) is 5.73 Å². The fourth-order valence-electron chi connectivity index (χ4n) is 2.90. The number of primary amides is 1. The highest BCUT2D eigenvalue weighted by atomic mass is 16.6. The molecule has 2 atom stereocenters. The number of carbonyl (C=O) groups is 1. The molecule has 0 spiro atoms. The van der Waals surface area contributed by atoms with Gasteiger partial charge < -0.3 is 5.73 Å². The van der Waals surface area contributed by atoms with Gasteiger partial charge in [0.15, 0.2) is 0 Å². The van der Waals surface area contributed by atoms with Gasteiger partial charge in [-0.1, -0.05) is 42.5 Å². The maximum atomic E-state index is 12.0. The molecular weight excluding hydrogens is 298 g/mol. The van der Waals surface area contributed by atoms with Crippen molar-refractivity contribution < 1.29 is 9.72 Å². The number of nitrogens with zero attached hydrogens (tertiary/aromatic N) is 3. The maximum absolute atomic E-state index is 12.0. The molecule has 1 aliphatic rings. The van der Waals surface area contributed by atoms with E-state index in [0.29, 0.717) is 5.56 Å². The Morgan fingerprint density at radius 1 is 1.35 bits per heavy atom. The van der Waals surface area contributed by atoms with Crippen molar-refractivity contribution in [2.45, 2.75) is 11.5 Å². The molecule has 0 saturated heterocycles. The first-order chi connectivity index (χ1) is 11.1. The van der Waals surface area contributed by atoms with Crippen LogP contribution in [0.25, 0.3) is 0 Å². The van der Waals surface area contributed by atoms with Crippen molar-refractivity contribution in [1.29, 1.82) is 0 Å². The molecule has 1 aromatic heterocycles. The van der Waals surface area contributed by atoms with Crippen LogP contribution in [0.3, 0.4) is 0 Å². The Labute approximate surface area is 130 Å². The van der Waals surface area contributed by atoms with Gasteiger partial charge in [-0.15, -0.1) is 0 Å². The monoisotopic (exact) mass is 311 g/mol. The van der Waals surface area contributed by atoms with E-state index >= 15 is 0 Å². The lowest BCUT2D eigenvalue weighted by atomic mass is 9.71. The van der Waals surface area contributed by atoms with Gasteiger partial charge in [-0.2, -0.15) is 5.10 Å². The Kier molecular flexibility index (Phi) is 3.49. The lowest BCUT2D eigenvalue weighted by molar-refractivity contribution is -0.569. The third-order valence-electron chi connectivity index (χ3n) is 3.89. The molecule has 0 fully saturated rings. The summed E-state index contributed by atoms with van der Waals surface area (Å²) in [6, 6.07) is 8.72. The molecule has 1 aromatic carbocycles. The molecule has 116 valence electrons. The number of nitro groups is 1. The number of H-pyrrole nitrogens is 1. The van der Waals surface area contributed by atoms with E-state index in [0.717, 1.165) is 0 Å². The Bertz CT molecular complexity index is 798. The number of nitrogens with two attached hydrogens (primary N) is 1. The zero-order valence-corrected chi connectivity index (χ0v) is 11.9. The van der Waals surface area contributed by atoms with Crippen LogP contribution < -0.4 is 5.73 Å². The van der Waals surface area contributed by atoms with Gasteiger partial charge in [-0.25, -0.2) is 4.98 Å². The van der Waals surface area contributed by atoms with E-state index in [1.165, 1.54) is 24.6 Å². The topological polar surface area (TPSA) is 128 Å². The van der Waals surface area contributed by atoms with Crippen molar-refractivity contribution in [3.05, 3.63) is 82.0 Å². The number of hydrogen-bond donors (Lipinski definition) is 2. The molecule has 8 heteroatoms. The fraction of sp³-hybridized carbons (Fsp3) is 0.133. The van der Waals surface area contributed by atoms with E-state index in [9.17, 15) is 14.9 Å². The smallest absolute Gasteiger partial charge is 0.309 e. The first kappa shape index (κ1) is 14.6. The third-order valence-corrected chi connectivity index (χ3v) is 3.89. The minimum absolute atomic E-state index is 0.0412. The zero-order chi connectivity index (χ0) is 16.4. The summed E-state index contributed by atoms with van der Waals surface area (Å²) in [7, 11) is 0. The first-order valence-electron chi connectivity index (χ1n) is 6.82. The summed E-state index contributed by atoms with van der Waals surface area (Å²) in [5.74, 6) is -1.58. The van der Waals surface area contributed by atoms with Gasteiger partial charge in [0.25, 0.3) is 0 Å². The summed E-state index contributed by atoms with van der Waals surface area (Å²) in [6.45, 7) is 0. The molecule has 0 saturated carbocycles. The maximum Gasteiger partial charge on any atom is 0.309 e. The van der Waals surface area contributed by atoms with Crippen LogP contribution >= 0.6 is 0 Å². The highest BCUT2D eigenvalue weighted by molar-refractivity contribution is 5.94. The van der Waals surface area contributed by atoms with Crippen LogP contribution in [-0.4, -0.2) is 26.0 Å². The number of carbonyl (C=O) groups excluding carboxylic acids is 1. The number of allylic oxidation sites excluding steroid dienone is 2. The van der Waals surface area contributed by atoms with Gasteiger partial charge in [-0.05, 0) is 5.56 Å². The number of nitrogens with one attached hydrogen (secondary N) is 1. The fourth-order valence-corrected chi connectivity index (χ4v) is 2.90. The van der Waals surface area contributed by atoms with E-state index < -0.39 is 22.3 Å². The van der Waals surface area contributed by atoms with Crippen LogP contribution in [-0.2, 0) is 10.3 Å². The van der Waals surface area contributed by atoms with Gasteiger partial charge in [0.2, 0.25) is 11.7 Å². The normalized spacial score (nSPS) is 23.3. The number of hydrogen-bond acceptors (Lipinski definition) is 5. The first-order valence-corrected chi connectivity index (χ1v) is 6.82. The highest BCUT2D eigenvalue weighted by Gasteiger charge is 2.56. The number of rotatable bonds is 4. The second-order valence-electron chi connectivity index (χ2n) is 5.11. The SMILES string of the molecule is NC(=O)C1=CC=CC(c2ncn[nH]2)([N+](=O)[O-])C1c1ccccc1. The number of aromatic nitrogens is 3. The molecular formula is C15H13N5O3. The molecule has 0 aliphatic heterocycles. The molecule has 3 rings (SSSR count). The van der Waals surface area contributed by atoms with Crippen LogP contribution in [0.5, 0.6) is 0 Å². The van der Waals surface area contributed by atoms with Gasteiger partial charge in [0.1, 0.15) is 6.33 Å². The summed E-state index contributed by atoms with van der Waals surface area (Å²) in [5, 5.41) is 18.3. The number of benzene rings is 1. The van der Waals surface area contributed by atoms with Gasteiger partial charge in [0, 0.05) is 16.6 Å². The van der Waals surface area contributed by atoms with Crippen molar-refractivity contribution in [2.24, 2.45) is 5.73 Å². The Morgan fingerprint density at radius 3 is 2.65 bits per heavy atom. The summed E-state index contributed by atoms with van der Waals surface area (Å²) in [4.78, 5) is 27.4. The number of aromatic amines is 1. The van der Waals surface area contributed by atoms with E-state index in [1.54, 1.807) is 30.3 Å². The van der Waals surface area contributed by atoms with Gasteiger partial charge in [-0.3, -0.25) is 20.0 Å². The van der Waals surface area contributed by atoms with Crippen molar-refractivity contribution in [1.82, 2.24) is 15.2 Å². The summed E-state index contributed by atoms with van der Waals surface area (Å²) in [5.41, 5.74) is 4.42. The average molecular weight is 311 g/mol. The largest absolute Gasteiger partial charge is 0.366 e. The minimum Gasteiger partial charge on any atom is -0.366 e. The molecule has 3 N–H and O–H groups in total. The van der Waals surface area contributed by atoms with Crippen LogP contribution in [0.4, 0.5) is 0 Å². The van der Waals surface area contributed by atoms with Crippen LogP contribution in [0.2, 0.25) is 0 Å². The summed E-state index contributed by atoms with van der Waals surface area (Å²) >= 11 is 0. The highest BCUT2D eigenvalue weighted by Crippen LogP contribution is 2.46.